The summed E-state index contributed by atoms with van der Waals surface area (Å²) in [5, 5.41) is 0. The molecular weight excluding hydrogens is 540 g/mol. The van der Waals surface area contributed by atoms with Crippen molar-refractivity contribution in [2.24, 2.45) is 11.8 Å². The number of aryl methyl sites for hydroxylation is 1. The highest BCUT2D eigenvalue weighted by atomic mass is 16.5. The fourth-order valence-corrected chi connectivity index (χ4v) is 7.20. The average Bonchev–Trinajstić information content (AvgIpc) is 3.73. The SMILES string of the molecule is COCC(c1cc([C@H]2CCc3ccc([C@H](C4CC4)[C@H](C)C(=O)OC)cc3O2)ccc1-c1ccnc(OC)c1)N1CCCC1. The van der Waals surface area contributed by atoms with Crippen molar-refractivity contribution < 1.29 is 23.7 Å². The predicted molar refractivity (Wildman–Crippen MR) is 166 cm³/mol. The van der Waals surface area contributed by atoms with E-state index < -0.39 is 0 Å². The summed E-state index contributed by atoms with van der Waals surface area (Å²) in [7, 11) is 4.92. The highest BCUT2D eigenvalue weighted by Gasteiger charge is 2.39. The third-order valence-corrected chi connectivity index (χ3v) is 9.63. The fraction of sp³-hybridized carbons (Fsp3) is 0.500. The number of methoxy groups -OCH3 is 3. The van der Waals surface area contributed by atoms with Gasteiger partial charge in [0.25, 0.3) is 0 Å². The molecule has 0 radical (unpaired) electrons. The molecule has 1 unspecified atom stereocenters. The van der Waals surface area contributed by atoms with Crippen LogP contribution >= 0.6 is 0 Å². The summed E-state index contributed by atoms with van der Waals surface area (Å²) in [6, 6.07) is 17.6. The minimum Gasteiger partial charge on any atom is -0.485 e. The molecule has 0 amide bonds. The van der Waals surface area contributed by atoms with Gasteiger partial charge >= 0.3 is 5.97 Å². The smallest absolute Gasteiger partial charge is 0.309 e. The summed E-state index contributed by atoms with van der Waals surface area (Å²) in [6.45, 7) is 4.76. The van der Waals surface area contributed by atoms with Gasteiger partial charge in [-0.1, -0.05) is 31.2 Å². The van der Waals surface area contributed by atoms with Crippen molar-refractivity contribution >= 4 is 5.97 Å². The van der Waals surface area contributed by atoms with Crippen LogP contribution in [0.25, 0.3) is 11.1 Å². The second-order valence-corrected chi connectivity index (χ2v) is 12.3. The van der Waals surface area contributed by atoms with E-state index in [1.165, 1.54) is 47.8 Å². The molecule has 6 rings (SSSR count). The van der Waals surface area contributed by atoms with Gasteiger partial charge in [0, 0.05) is 19.4 Å². The van der Waals surface area contributed by atoms with Crippen LogP contribution in [0, 0.1) is 11.8 Å². The van der Waals surface area contributed by atoms with E-state index in [4.69, 9.17) is 18.9 Å². The van der Waals surface area contributed by atoms with Crippen molar-refractivity contribution in [3.05, 3.63) is 77.0 Å². The Morgan fingerprint density at radius 2 is 1.84 bits per heavy atom. The number of nitrogens with zero attached hydrogens (tertiary/aromatic N) is 2. The minimum absolute atomic E-state index is 0.0540. The molecule has 7 nitrogen and oxygen atoms in total. The first-order chi connectivity index (χ1) is 21.0. The van der Waals surface area contributed by atoms with E-state index >= 15 is 0 Å². The molecule has 1 aliphatic carbocycles. The maximum atomic E-state index is 12.5. The first kappa shape index (κ1) is 29.6. The number of fused-ring (bicyclic) bond motifs is 1. The lowest BCUT2D eigenvalue weighted by atomic mass is 9.82. The lowest BCUT2D eigenvalue weighted by Crippen LogP contribution is -2.29. The van der Waals surface area contributed by atoms with Gasteiger partial charge in [0.05, 0.1) is 32.8 Å². The summed E-state index contributed by atoms with van der Waals surface area (Å²) < 4.78 is 23.2. The number of pyridine rings is 1. The van der Waals surface area contributed by atoms with Crippen LogP contribution in [0.15, 0.2) is 54.7 Å². The Hall–Kier alpha value is -3.42. The Bertz CT molecular complexity index is 1430. The highest BCUT2D eigenvalue weighted by Crippen LogP contribution is 2.49. The molecule has 1 aromatic heterocycles. The van der Waals surface area contributed by atoms with Gasteiger partial charge in [-0.2, -0.15) is 0 Å². The van der Waals surface area contributed by atoms with Crippen molar-refractivity contribution in [1.29, 1.82) is 0 Å². The zero-order valence-electron chi connectivity index (χ0n) is 25.9. The number of carbonyl (C=O) groups excluding carboxylic acids is 1. The summed E-state index contributed by atoms with van der Waals surface area (Å²) in [5.41, 5.74) is 7.09. The number of hydrogen-bond acceptors (Lipinski definition) is 7. The molecule has 7 heteroatoms. The maximum absolute atomic E-state index is 12.5. The number of ether oxygens (including phenoxy) is 4. The molecule has 43 heavy (non-hydrogen) atoms. The number of carbonyl (C=O) groups is 1. The Labute approximate surface area is 255 Å². The Morgan fingerprint density at radius 1 is 1.02 bits per heavy atom. The second-order valence-electron chi connectivity index (χ2n) is 12.3. The van der Waals surface area contributed by atoms with Crippen LogP contribution in [0.4, 0.5) is 0 Å². The Balaban J connectivity index is 1.34. The largest absolute Gasteiger partial charge is 0.485 e. The quantitative estimate of drug-likeness (QED) is 0.227. The van der Waals surface area contributed by atoms with E-state index in [1.54, 1.807) is 14.2 Å². The van der Waals surface area contributed by atoms with Gasteiger partial charge < -0.3 is 18.9 Å². The van der Waals surface area contributed by atoms with E-state index in [0.29, 0.717) is 18.4 Å². The van der Waals surface area contributed by atoms with E-state index in [9.17, 15) is 4.79 Å². The van der Waals surface area contributed by atoms with Crippen molar-refractivity contribution in [3.63, 3.8) is 0 Å². The zero-order chi connectivity index (χ0) is 29.9. The maximum Gasteiger partial charge on any atom is 0.309 e. The highest BCUT2D eigenvalue weighted by molar-refractivity contribution is 5.73. The lowest BCUT2D eigenvalue weighted by molar-refractivity contribution is -0.145. The summed E-state index contributed by atoms with van der Waals surface area (Å²) >= 11 is 0. The van der Waals surface area contributed by atoms with Gasteiger partial charge in [-0.05, 0) is 115 Å². The molecule has 1 saturated heterocycles. The van der Waals surface area contributed by atoms with Crippen molar-refractivity contribution in [3.8, 4) is 22.8 Å². The van der Waals surface area contributed by atoms with Crippen LogP contribution in [0.1, 0.15) is 79.3 Å². The molecule has 3 aliphatic rings. The van der Waals surface area contributed by atoms with E-state index in [2.05, 4.69) is 52.3 Å². The molecule has 2 aromatic carbocycles. The van der Waals surface area contributed by atoms with Gasteiger partial charge in [0.1, 0.15) is 11.9 Å². The number of aromatic nitrogens is 1. The van der Waals surface area contributed by atoms with Gasteiger partial charge in [0.15, 0.2) is 0 Å². The van der Waals surface area contributed by atoms with Gasteiger partial charge in [-0.15, -0.1) is 0 Å². The molecule has 228 valence electrons. The lowest BCUT2D eigenvalue weighted by Gasteiger charge is -2.32. The predicted octanol–water partition coefficient (Wildman–Crippen LogP) is 6.91. The fourth-order valence-electron chi connectivity index (χ4n) is 7.20. The summed E-state index contributed by atoms with van der Waals surface area (Å²) in [5.74, 6) is 1.90. The molecule has 0 spiro atoms. The Morgan fingerprint density at radius 3 is 2.56 bits per heavy atom. The van der Waals surface area contributed by atoms with Gasteiger partial charge in [-0.3, -0.25) is 9.69 Å². The van der Waals surface area contributed by atoms with Crippen LogP contribution in [-0.4, -0.2) is 56.9 Å². The zero-order valence-corrected chi connectivity index (χ0v) is 25.9. The van der Waals surface area contributed by atoms with Crippen LogP contribution in [0.2, 0.25) is 0 Å². The molecule has 0 bridgehead atoms. The third-order valence-electron chi connectivity index (χ3n) is 9.63. The third kappa shape index (κ3) is 6.29. The number of esters is 1. The molecule has 1 saturated carbocycles. The molecule has 3 heterocycles. The molecule has 0 N–H and O–H groups in total. The van der Waals surface area contributed by atoms with Gasteiger partial charge in [-0.25, -0.2) is 4.98 Å². The number of likely N-dealkylation sites (tertiary alicyclic amines) is 1. The number of benzene rings is 2. The summed E-state index contributed by atoms with van der Waals surface area (Å²) in [4.78, 5) is 19.4. The monoisotopic (exact) mass is 584 g/mol. The number of hydrogen-bond donors (Lipinski definition) is 0. The molecular formula is C36H44N2O5. The standard InChI is InChI=1S/C36H44N2O5/c1-23(36(39)42-4)35(25-8-9-25)28-10-7-24-12-14-32(43-33(24)20-28)27-11-13-29(26-15-16-37-34(21-26)41-3)30(19-27)31(22-40-2)38-17-5-6-18-38/h7,10-11,13,15-16,19-21,23,25,31-32,35H,5-6,8-9,12,14,17-18,22H2,1-4H3/t23-,31?,32+,35-/m0/s1. The van der Waals surface area contributed by atoms with Gasteiger partial charge in [0.2, 0.25) is 5.88 Å². The van der Waals surface area contributed by atoms with Crippen molar-refractivity contribution in [2.75, 3.05) is 41.0 Å². The topological polar surface area (TPSA) is 70.1 Å². The average molecular weight is 585 g/mol. The molecule has 4 atom stereocenters. The normalized spacial score (nSPS) is 20.5. The number of rotatable bonds is 11. The molecule has 3 aromatic rings. The first-order valence-electron chi connectivity index (χ1n) is 15.7. The van der Waals surface area contributed by atoms with E-state index in [0.717, 1.165) is 50.1 Å². The minimum atomic E-state index is -0.180. The summed E-state index contributed by atoms with van der Waals surface area (Å²) in [6.07, 6.45) is 8.35. The van der Waals surface area contributed by atoms with Crippen molar-refractivity contribution in [1.82, 2.24) is 9.88 Å². The first-order valence-corrected chi connectivity index (χ1v) is 15.7. The van der Waals surface area contributed by atoms with Crippen LogP contribution in [-0.2, 0) is 20.7 Å². The van der Waals surface area contributed by atoms with Crippen LogP contribution < -0.4 is 9.47 Å². The van der Waals surface area contributed by atoms with Crippen LogP contribution in [0.3, 0.4) is 0 Å². The van der Waals surface area contributed by atoms with Crippen LogP contribution in [0.5, 0.6) is 11.6 Å². The van der Waals surface area contributed by atoms with E-state index in [1.807, 2.05) is 19.2 Å². The molecule has 2 aliphatic heterocycles. The second kappa shape index (κ2) is 13.1. The molecule has 2 fully saturated rings. The Kier molecular flexibility index (Phi) is 9.01. The van der Waals surface area contributed by atoms with Crippen molar-refractivity contribution in [2.45, 2.75) is 63.5 Å². The van der Waals surface area contributed by atoms with E-state index in [-0.39, 0.29) is 30.0 Å².